The smallest absolute Gasteiger partial charge is 0.261 e. The van der Waals surface area contributed by atoms with Gasteiger partial charge < -0.3 is 11.1 Å². The van der Waals surface area contributed by atoms with Crippen LogP contribution in [0.3, 0.4) is 0 Å². The largest absolute Gasteiger partial charge is 0.383 e. The summed E-state index contributed by atoms with van der Waals surface area (Å²) < 4.78 is 39.9. The summed E-state index contributed by atoms with van der Waals surface area (Å²) in [5, 5.41) is 5.95. The van der Waals surface area contributed by atoms with Crippen LogP contribution in [0.15, 0.2) is 18.3 Å². The number of nitrogens with zero attached hydrogens (tertiary/aromatic N) is 2. The minimum atomic E-state index is -1.60. The fourth-order valence-corrected chi connectivity index (χ4v) is 1.45. The Bertz CT molecular complexity index is 630. The first-order valence-corrected chi connectivity index (χ1v) is 5.13. The van der Waals surface area contributed by atoms with Crippen LogP contribution in [0, 0.1) is 17.5 Å². The van der Waals surface area contributed by atoms with Gasteiger partial charge in [0.25, 0.3) is 5.91 Å². The summed E-state index contributed by atoms with van der Waals surface area (Å²) in [6.07, 6.45) is 1.21. The maximum Gasteiger partial charge on any atom is 0.261 e. The lowest BCUT2D eigenvalue weighted by Gasteiger charge is -2.05. The molecule has 8 heteroatoms. The van der Waals surface area contributed by atoms with Crippen molar-refractivity contribution in [1.82, 2.24) is 9.78 Å². The van der Waals surface area contributed by atoms with Crippen LogP contribution in [-0.2, 0) is 7.05 Å². The van der Waals surface area contributed by atoms with E-state index in [-0.39, 0.29) is 17.1 Å². The predicted molar refractivity (Wildman–Crippen MR) is 61.9 cm³/mol. The third-order valence-electron chi connectivity index (χ3n) is 2.47. The van der Waals surface area contributed by atoms with Crippen molar-refractivity contribution in [2.75, 3.05) is 11.1 Å². The van der Waals surface area contributed by atoms with E-state index in [1.54, 1.807) is 0 Å². The fraction of sp³-hybridized carbons (Fsp3) is 0.0909. The summed E-state index contributed by atoms with van der Waals surface area (Å²) in [6.45, 7) is 0. The molecule has 0 spiro atoms. The molecule has 0 fully saturated rings. The Hall–Kier alpha value is -2.51. The molecular weight excluding hydrogens is 261 g/mol. The number of aryl methyl sites for hydroxylation is 1. The third-order valence-corrected chi connectivity index (χ3v) is 2.47. The molecular formula is C11H9F3N4O. The molecule has 0 atom stereocenters. The van der Waals surface area contributed by atoms with Gasteiger partial charge in [-0.1, -0.05) is 0 Å². The molecule has 1 amide bonds. The maximum absolute atomic E-state index is 13.0. The number of nitrogen functional groups attached to an aromatic ring is 1. The Morgan fingerprint density at radius 2 is 1.89 bits per heavy atom. The zero-order chi connectivity index (χ0) is 14.2. The zero-order valence-corrected chi connectivity index (χ0v) is 9.75. The maximum atomic E-state index is 13.0. The van der Waals surface area contributed by atoms with Crippen LogP contribution in [0.2, 0.25) is 0 Å². The average molecular weight is 270 g/mol. The Morgan fingerprint density at radius 3 is 2.37 bits per heavy atom. The van der Waals surface area contributed by atoms with Gasteiger partial charge in [-0.3, -0.25) is 9.48 Å². The average Bonchev–Trinajstić information content (AvgIpc) is 2.67. The van der Waals surface area contributed by atoms with Crippen molar-refractivity contribution >= 4 is 17.4 Å². The molecule has 1 aromatic heterocycles. The molecule has 0 bridgehead atoms. The molecule has 1 aromatic carbocycles. The minimum absolute atomic E-state index is 0.0487. The Morgan fingerprint density at radius 1 is 1.32 bits per heavy atom. The van der Waals surface area contributed by atoms with E-state index in [4.69, 9.17) is 5.73 Å². The van der Waals surface area contributed by atoms with Crippen LogP contribution in [0.5, 0.6) is 0 Å². The van der Waals surface area contributed by atoms with E-state index in [2.05, 4.69) is 10.4 Å². The van der Waals surface area contributed by atoms with Gasteiger partial charge >= 0.3 is 0 Å². The molecule has 1 heterocycles. The zero-order valence-electron chi connectivity index (χ0n) is 9.75. The lowest BCUT2D eigenvalue weighted by molar-refractivity contribution is 0.102. The molecule has 0 aliphatic rings. The van der Waals surface area contributed by atoms with Crippen molar-refractivity contribution in [2.24, 2.45) is 7.05 Å². The van der Waals surface area contributed by atoms with Gasteiger partial charge in [-0.15, -0.1) is 0 Å². The van der Waals surface area contributed by atoms with E-state index < -0.39 is 23.4 Å². The minimum Gasteiger partial charge on any atom is -0.383 e. The molecule has 0 aliphatic carbocycles. The van der Waals surface area contributed by atoms with Gasteiger partial charge in [0.15, 0.2) is 17.5 Å². The van der Waals surface area contributed by atoms with E-state index in [0.29, 0.717) is 12.1 Å². The first kappa shape index (κ1) is 12.9. The number of carbonyl (C=O) groups is 1. The number of aromatic nitrogens is 2. The molecule has 0 unspecified atom stereocenters. The van der Waals surface area contributed by atoms with Crippen LogP contribution in [0.4, 0.5) is 24.7 Å². The van der Waals surface area contributed by atoms with E-state index >= 15 is 0 Å². The predicted octanol–water partition coefficient (Wildman–Crippen LogP) is 1.67. The molecule has 0 saturated carbocycles. The third kappa shape index (κ3) is 2.37. The Balaban J connectivity index is 2.27. The first-order valence-electron chi connectivity index (χ1n) is 5.13. The molecule has 3 N–H and O–H groups in total. The summed E-state index contributed by atoms with van der Waals surface area (Å²) in [5.41, 5.74) is 5.40. The molecule has 100 valence electrons. The van der Waals surface area contributed by atoms with Gasteiger partial charge in [-0.05, 0) is 0 Å². The molecule has 0 radical (unpaired) electrons. The normalized spacial score (nSPS) is 10.5. The number of carbonyl (C=O) groups excluding carboxylic acids is 1. The van der Waals surface area contributed by atoms with Crippen molar-refractivity contribution in [3.63, 3.8) is 0 Å². The molecule has 5 nitrogen and oxygen atoms in total. The molecule has 19 heavy (non-hydrogen) atoms. The highest BCUT2D eigenvalue weighted by molar-refractivity contribution is 6.07. The van der Waals surface area contributed by atoms with Crippen molar-refractivity contribution in [2.45, 2.75) is 0 Å². The number of hydrogen-bond donors (Lipinski definition) is 2. The number of nitrogens with two attached hydrogens (primary N) is 1. The molecule has 0 saturated heterocycles. The lowest BCUT2D eigenvalue weighted by atomic mass is 10.2. The van der Waals surface area contributed by atoms with Crippen LogP contribution in [0.1, 0.15) is 10.4 Å². The molecule has 2 rings (SSSR count). The lowest BCUT2D eigenvalue weighted by Crippen LogP contribution is -2.14. The van der Waals surface area contributed by atoms with Crippen LogP contribution >= 0.6 is 0 Å². The summed E-state index contributed by atoms with van der Waals surface area (Å²) in [4.78, 5) is 11.8. The van der Waals surface area contributed by atoms with Crippen LogP contribution in [0.25, 0.3) is 0 Å². The number of halogens is 3. The topological polar surface area (TPSA) is 72.9 Å². The fourth-order valence-electron chi connectivity index (χ4n) is 1.45. The van der Waals surface area contributed by atoms with Crippen molar-refractivity contribution < 1.29 is 18.0 Å². The monoisotopic (exact) mass is 270 g/mol. The number of amides is 1. The van der Waals surface area contributed by atoms with Crippen molar-refractivity contribution in [1.29, 1.82) is 0 Å². The van der Waals surface area contributed by atoms with E-state index in [1.807, 2.05) is 0 Å². The van der Waals surface area contributed by atoms with Gasteiger partial charge in [0.1, 0.15) is 11.4 Å². The highest BCUT2D eigenvalue weighted by atomic mass is 19.2. The second kappa shape index (κ2) is 4.63. The summed E-state index contributed by atoms with van der Waals surface area (Å²) in [6, 6.07) is 1.34. The highest BCUT2D eigenvalue weighted by Crippen LogP contribution is 2.19. The van der Waals surface area contributed by atoms with E-state index in [0.717, 1.165) is 0 Å². The van der Waals surface area contributed by atoms with Crippen LogP contribution < -0.4 is 11.1 Å². The van der Waals surface area contributed by atoms with E-state index in [1.165, 1.54) is 17.9 Å². The second-order valence-corrected chi connectivity index (χ2v) is 3.78. The van der Waals surface area contributed by atoms with Gasteiger partial charge in [-0.2, -0.15) is 5.10 Å². The highest BCUT2D eigenvalue weighted by Gasteiger charge is 2.16. The number of nitrogens with one attached hydrogen (secondary N) is 1. The molecule has 0 aliphatic heterocycles. The Labute approximate surface area is 105 Å². The number of hydrogen-bond acceptors (Lipinski definition) is 3. The number of benzene rings is 1. The van der Waals surface area contributed by atoms with Crippen LogP contribution in [-0.4, -0.2) is 15.7 Å². The standard InChI is InChI=1S/C11H9F3N4O/c1-18-10(15)6(4-16-18)11(19)17-5-2-7(12)9(14)8(13)3-5/h2-4H,15H2,1H3,(H,17,19). The molecule has 2 aromatic rings. The SMILES string of the molecule is Cn1ncc(C(=O)Nc2cc(F)c(F)c(F)c2)c1N. The second-order valence-electron chi connectivity index (χ2n) is 3.78. The van der Waals surface area contributed by atoms with E-state index in [9.17, 15) is 18.0 Å². The van der Waals surface area contributed by atoms with Gasteiger partial charge in [0.2, 0.25) is 0 Å². The summed E-state index contributed by atoms with van der Waals surface area (Å²) in [5.74, 6) is -4.99. The Kier molecular flexibility index (Phi) is 3.16. The van der Waals surface area contributed by atoms with Crippen molar-refractivity contribution in [3.8, 4) is 0 Å². The summed E-state index contributed by atoms with van der Waals surface area (Å²) >= 11 is 0. The van der Waals surface area contributed by atoms with Crippen molar-refractivity contribution in [3.05, 3.63) is 41.3 Å². The summed E-state index contributed by atoms with van der Waals surface area (Å²) in [7, 11) is 1.53. The van der Waals surface area contributed by atoms with Gasteiger partial charge in [-0.25, -0.2) is 13.2 Å². The number of anilines is 2. The van der Waals surface area contributed by atoms with Gasteiger partial charge in [0, 0.05) is 24.9 Å². The number of rotatable bonds is 2. The first-order chi connectivity index (χ1) is 8.90. The quantitative estimate of drug-likeness (QED) is 0.815. The van der Waals surface area contributed by atoms with Gasteiger partial charge in [0.05, 0.1) is 6.20 Å².